The maximum atomic E-state index is 10.3. The molecular weight excluding hydrogens is 308 g/mol. The number of nitrogens with zero attached hydrogens (tertiary/aromatic N) is 3. The van der Waals surface area contributed by atoms with Crippen LogP contribution in [0.25, 0.3) is 0 Å². The largest absolute Gasteiger partial charge is 0.907 e. The van der Waals surface area contributed by atoms with Gasteiger partial charge >= 0.3 is 0 Å². The molecule has 0 amide bonds. The van der Waals surface area contributed by atoms with E-state index in [4.69, 9.17) is 15.1 Å². The summed E-state index contributed by atoms with van der Waals surface area (Å²) in [5.41, 5.74) is 0. The highest BCUT2D eigenvalue weighted by Gasteiger charge is 2.19. The summed E-state index contributed by atoms with van der Waals surface area (Å²) in [7, 11) is -2.54. The monoisotopic (exact) mass is 317 g/mol. The van der Waals surface area contributed by atoms with Crippen LogP contribution in [0.4, 0.5) is 40.3 Å². The van der Waals surface area contributed by atoms with Gasteiger partial charge in [0.15, 0.2) is 21.1 Å². The first-order chi connectivity index (χ1) is 7.73. The maximum Gasteiger partial charge on any atom is 0.241 e. The van der Waals surface area contributed by atoms with Gasteiger partial charge in [-0.3, -0.25) is 7.32 Å². The van der Waals surface area contributed by atoms with Gasteiger partial charge in [0.05, 0.1) is 40.3 Å². The lowest BCUT2D eigenvalue weighted by Gasteiger charge is -2.35. The van der Waals surface area contributed by atoms with E-state index in [-0.39, 0.29) is 21.1 Å². The van der Waals surface area contributed by atoms with Gasteiger partial charge in [0.1, 0.15) is 0 Å². The molecule has 19 heavy (non-hydrogen) atoms. The van der Waals surface area contributed by atoms with Gasteiger partial charge < -0.3 is 15.1 Å². The second-order valence-electron chi connectivity index (χ2n) is 2.38. The van der Waals surface area contributed by atoms with Crippen molar-refractivity contribution in [2.24, 2.45) is 0 Å². The molecule has 120 valence electrons. The van der Waals surface area contributed by atoms with Crippen molar-refractivity contribution in [3.63, 3.8) is 0 Å². The van der Waals surface area contributed by atoms with Gasteiger partial charge in [-0.05, 0) is 0 Å². The summed E-state index contributed by atoms with van der Waals surface area (Å²) in [6.45, 7) is 0. The summed E-state index contributed by atoms with van der Waals surface area (Å²) in [5, 5.41) is 14.7. The molecule has 0 aliphatic carbocycles. The third-order valence-electron chi connectivity index (χ3n) is 0. The van der Waals surface area contributed by atoms with Gasteiger partial charge in [-0.2, -0.15) is 0 Å². The minimum atomic E-state index is -3.50. The molecule has 0 aliphatic rings. The molecule has 0 aromatic carbocycles. The predicted octanol–water partition coefficient (Wildman–Crippen LogP) is -0.688. The fourth-order valence-corrected chi connectivity index (χ4v) is 0. The number of rotatable bonds is 0. The summed E-state index contributed by atoms with van der Waals surface area (Å²) in [5.74, 6) is 0. The minimum absolute atomic E-state index is 0.125. The van der Waals surface area contributed by atoms with Crippen LogP contribution < -0.4 is 15.1 Å². The molecule has 0 radical (unpaired) electrons. The number of quaternary nitrogens is 3. The van der Waals surface area contributed by atoms with Gasteiger partial charge in [-0.25, -0.2) is 0 Å². The third kappa shape index (κ3) is 6130. The fourth-order valence-electron chi connectivity index (χ4n) is 0. The highest BCUT2D eigenvalue weighted by atomic mass is 19.6. The van der Waals surface area contributed by atoms with Crippen LogP contribution in [0.5, 0.6) is 0 Å². The van der Waals surface area contributed by atoms with Crippen molar-refractivity contribution in [1.29, 1.82) is 0 Å². The average molecular weight is 317 g/mol. The van der Waals surface area contributed by atoms with Crippen LogP contribution in [-0.2, 0) is 0 Å². The van der Waals surface area contributed by atoms with Gasteiger partial charge in [0.25, 0.3) is 0 Å². The quantitative estimate of drug-likeness (QED) is 0.337. The maximum absolute atomic E-state index is 10.3. The smallest absolute Gasteiger partial charge is 0.241 e. The van der Waals surface area contributed by atoms with Gasteiger partial charge in [0.2, 0.25) is 15.4 Å². The Hall–Kier alpha value is -0.805. The van der Waals surface area contributed by atoms with Crippen LogP contribution in [0.15, 0.2) is 0 Å². The summed E-state index contributed by atoms with van der Waals surface area (Å²) in [6, 6.07) is 0. The number of halogens is 9. The van der Waals surface area contributed by atoms with Crippen molar-refractivity contribution in [3.8, 4) is 0 Å². The fraction of sp³-hybridized carbons (Fsp3) is 1.00. The van der Waals surface area contributed by atoms with E-state index in [0.29, 0.717) is 0 Å². The zero-order valence-corrected chi connectivity index (χ0v) is 9.55. The second-order valence-corrected chi connectivity index (χ2v) is 2.38. The minimum Gasteiger partial charge on any atom is -0.907 e. The summed E-state index contributed by atoms with van der Waals surface area (Å²) in [6.07, 6.45) is 0. The lowest BCUT2D eigenvalue weighted by molar-refractivity contribution is -1.26. The Morgan fingerprint density at radius 2 is 0.526 bits per heavy atom. The Morgan fingerprint density at radius 1 is 0.526 bits per heavy atom. The van der Waals surface area contributed by atoms with Gasteiger partial charge in [0, 0.05) is 0 Å². The molecule has 0 atom stereocenters. The molecule has 0 spiro atoms. The lowest BCUT2D eigenvalue weighted by atomic mass is 10.3. The lowest BCUT2D eigenvalue weighted by Crippen LogP contribution is -2.56. The Morgan fingerprint density at radius 3 is 0.526 bits per heavy atom. The summed E-state index contributed by atoms with van der Waals surface area (Å²) < 4.78 is 92.6. The first-order valence-electron chi connectivity index (χ1n) is 3.57. The standard InChI is InChI=1S/3CH3F3N.BO3/c3*1-5(2,3)4;2-1(3)4/h3*1H3;/q3*+1;-3. The zero-order chi connectivity index (χ0) is 17.1. The van der Waals surface area contributed by atoms with E-state index in [1.165, 1.54) is 0 Å². The van der Waals surface area contributed by atoms with Crippen LogP contribution in [0, 0.1) is 0 Å². The van der Waals surface area contributed by atoms with Crippen LogP contribution in [0.2, 0.25) is 0 Å². The SMILES string of the molecule is C[N+](F)(F)F.C[N+](F)(F)F.C[N+](F)(F)F.[O-]B([O-])[O-]. The topological polar surface area (TPSA) is 69.2 Å². The van der Waals surface area contributed by atoms with Crippen LogP contribution in [-0.4, -0.2) is 43.9 Å². The van der Waals surface area contributed by atoms with E-state index >= 15 is 0 Å². The van der Waals surface area contributed by atoms with Crippen molar-refractivity contribution in [3.05, 3.63) is 0 Å². The number of hydrogen-bond acceptors (Lipinski definition) is 3. The molecule has 0 saturated heterocycles. The highest BCUT2D eigenvalue weighted by molar-refractivity contribution is 6.24. The molecule has 0 bridgehead atoms. The molecule has 0 aromatic rings. The molecule has 0 rings (SSSR count). The second kappa shape index (κ2) is 11.1. The zero-order valence-electron chi connectivity index (χ0n) is 9.55. The van der Waals surface area contributed by atoms with E-state index in [1.807, 2.05) is 0 Å². The Balaban J connectivity index is -0.0000000793. The molecular formula is C3H9BF9N3O3. The molecule has 16 heteroatoms. The van der Waals surface area contributed by atoms with E-state index in [2.05, 4.69) is 0 Å². The predicted molar refractivity (Wildman–Crippen MR) is 34.3 cm³/mol. The van der Waals surface area contributed by atoms with E-state index < -0.39 is 22.8 Å². The molecule has 0 aliphatic heterocycles. The molecule has 0 heterocycles. The number of hydrogen-bond donors (Lipinski definition) is 0. The van der Waals surface area contributed by atoms with Crippen LogP contribution in [0.3, 0.4) is 0 Å². The first-order valence-corrected chi connectivity index (χ1v) is 3.57. The third-order valence-corrected chi connectivity index (χ3v) is 0. The first kappa shape index (κ1) is 26.7. The average Bonchev–Trinajstić information content (AvgIpc) is 1.66. The summed E-state index contributed by atoms with van der Waals surface area (Å²) in [4.78, 5) is 0. The van der Waals surface area contributed by atoms with Crippen molar-refractivity contribution in [2.75, 3.05) is 21.1 Å². The van der Waals surface area contributed by atoms with E-state index in [9.17, 15) is 40.3 Å². The van der Waals surface area contributed by atoms with Crippen molar-refractivity contribution >= 4 is 7.32 Å². The van der Waals surface area contributed by atoms with E-state index in [1.54, 1.807) is 0 Å². The van der Waals surface area contributed by atoms with Crippen molar-refractivity contribution in [2.45, 2.75) is 0 Å². The van der Waals surface area contributed by atoms with Crippen molar-refractivity contribution in [1.82, 2.24) is 0 Å². The highest BCUT2D eigenvalue weighted by Crippen LogP contribution is 2.02. The summed E-state index contributed by atoms with van der Waals surface area (Å²) >= 11 is 0. The molecule has 6 nitrogen and oxygen atoms in total. The van der Waals surface area contributed by atoms with Gasteiger partial charge in [-0.1, -0.05) is 0 Å². The molecule has 0 aromatic heterocycles. The van der Waals surface area contributed by atoms with Gasteiger partial charge in [-0.15, -0.1) is 0 Å². The molecule has 0 N–H and O–H groups in total. The van der Waals surface area contributed by atoms with Crippen LogP contribution in [0.1, 0.15) is 0 Å². The molecule has 0 unspecified atom stereocenters. The Labute approximate surface area is 101 Å². The van der Waals surface area contributed by atoms with E-state index in [0.717, 1.165) is 0 Å². The van der Waals surface area contributed by atoms with Crippen molar-refractivity contribution < 1.29 is 70.9 Å². The molecule has 0 saturated carbocycles. The Kier molecular flexibility index (Phi) is 15.5. The Bertz CT molecular complexity index is 143. The van der Waals surface area contributed by atoms with Crippen LogP contribution >= 0.6 is 0 Å². The molecule has 0 fully saturated rings. The normalized spacial score (nSPS) is 10.9.